The van der Waals surface area contributed by atoms with Gasteiger partial charge < -0.3 is 33.0 Å². The van der Waals surface area contributed by atoms with Crippen LogP contribution >= 0.6 is 0 Å². The van der Waals surface area contributed by atoms with Gasteiger partial charge in [0.2, 0.25) is 17.0 Å². The van der Waals surface area contributed by atoms with Gasteiger partial charge in [-0.15, -0.1) is 0 Å². The SMILES string of the molecule is COc1cc(-c2cc3c(=O)n(C)cc(-c4cc(CCNS(=O)O)ccc4Oc4c(F)cc(F)cc4F)c3o2)cc(OC)c1OCCO. The lowest BCUT2D eigenvalue weighted by molar-refractivity contribution is 0.191. The van der Waals surface area contributed by atoms with Crippen LogP contribution in [0.4, 0.5) is 13.2 Å². The number of furan rings is 1. The van der Waals surface area contributed by atoms with Crippen molar-refractivity contribution in [3.63, 3.8) is 0 Å². The molecule has 0 radical (unpaired) electrons. The molecule has 248 valence electrons. The monoisotopic (exact) mass is 674 g/mol. The summed E-state index contributed by atoms with van der Waals surface area (Å²) >= 11 is -2.25. The highest BCUT2D eigenvalue weighted by molar-refractivity contribution is 7.77. The van der Waals surface area contributed by atoms with Crippen LogP contribution < -0.4 is 29.2 Å². The first-order valence-electron chi connectivity index (χ1n) is 14.0. The number of methoxy groups -OCH3 is 2. The molecule has 3 N–H and O–H groups in total. The molecule has 5 rings (SSSR count). The second kappa shape index (κ2) is 14.3. The molecule has 0 saturated heterocycles. The summed E-state index contributed by atoms with van der Waals surface area (Å²) in [6.45, 7) is -0.146. The van der Waals surface area contributed by atoms with E-state index >= 15 is 0 Å². The van der Waals surface area contributed by atoms with E-state index in [0.717, 1.165) is 0 Å². The number of aliphatic hydroxyl groups excluding tert-OH is 1. The van der Waals surface area contributed by atoms with Gasteiger partial charge in [-0.05, 0) is 42.3 Å². The topological polar surface area (TPSA) is 142 Å². The van der Waals surface area contributed by atoms with E-state index in [0.29, 0.717) is 28.8 Å². The molecule has 0 amide bonds. The van der Waals surface area contributed by atoms with Crippen molar-refractivity contribution in [3.05, 3.63) is 88.1 Å². The number of benzene rings is 3. The number of halogens is 3. The number of aryl methyl sites for hydroxylation is 1. The summed E-state index contributed by atoms with van der Waals surface area (Å²) < 4.78 is 95.4. The van der Waals surface area contributed by atoms with Gasteiger partial charge in [-0.25, -0.2) is 22.1 Å². The summed E-state index contributed by atoms with van der Waals surface area (Å²) in [4.78, 5) is 13.3. The molecular formula is C32H29F3N2O9S. The number of nitrogens with one attached hydrogen (secondary N) is 1. The number of nitrogens with zero attached hydrogens (tertiary/aromatic N) is 1. The number of hydrogen-bond acceptors (Lipinski definition) is 8. The molecule has 47 heavy (non-hydrogen) atoms. The van der Waals surface area contributed by atoms with Crippen molar-refractivity contribution in [2.75, 3.05) is 34.0 Å². The van der Waals surface area contributed by atoms with Crippen molar-refractivity contribution in [2.24, 2.45) is 7.05 Å². The Kier molecular flexibility index (Phi) is 10.2. The fourth-order valence-electron chi connectivity index (χ4n) is 4.95. The van der Waals surface area contributed by atoms with Gasteiger partial charge >= 0.3 is 0 Å². The summed E-state index contributed by atoms with van der Waals surface area (Å²) in [5, 5.41) is 9.38. The molecule has 0 fully saturated rings. The third-order valence-corrected chi connectivity index (χ3v) is 7.53. The Morgan fingerprint density at radius 2 is 1.62 bits per heavy atom. The maximum atomic E-state index is 14.7. The normalized spacial score (nSPS) is 11.9. The Bertz CT molecular complexity index is 1980. The van der Waals surface area contributed by atoms with E-state index in [1.165, 1.54) is 44.2 Å². The number of ether oxygens (including phenoxy) is 4. The number of rotatable bonds is 13. The van der Waals surface area contributed by atoms with Crippen LogP contribution in [0, 0.1) is 17.5 Å². The zero-order valence-electron chi connectivity index (χ0n) is 25.3. The lowest BCUT2D eigenvalue weighted by atomic mass is 10.0. The van der Waals surface area contributed by atoms with Crippen molar-refractivity contribution in [1.82, 2.24) is 9.29 Å². The molecule has 15 heteroatoms. The molecule has 0 aliphatic carbocycles. The predicted octanol–water partition coefficient (Wildman–Crippen LogP) is 5.33. The van der Waals surface area contributed by atoms with Gasteiger partial charge in [0.15, 0.2) is 28.9 Å². The molecule has 0 spiro atoms. The van der Waals surface area contributed by atoms with E-state index in [-0.39, 0.29) is 71.5 Å². The van der Waals surface area contributed by atoms with E-state index in [1.54, 1.807) is 24.3 Å². The average Bonchev–Trinajstić information content (AvgIpc) is 3.49. The lowest BCUT2D eigenvalue weighted by Gasteiger charge is -2.16. The number of aromatic nitrogens is 1. The molecule has 11 nitrogen and oxygen atoms in total. The smallest absolute Gasteiger partial charge is 0.261 e. The van der Waals surface area contributed by atoms with Crippen molar-refractivity contribution in [3.8, 4) is 51.2 Å². The molecule has 2 aromatic heterocycles. The molecular weight excluding hydrogens is 645 g/mol. The van der Waals surface area contributed by atoms with Crippen molar-refractivity contribution < 1.29 is 50.4 Å². The minimum atomic E-state index is -2.25. The molecule has 2 heterocycles. The zero-order valence-corrected chi connectivity index (χ0v) is 26.1. The van der Waals surface area contributed by atoms with Crippen LogP contribution in [0.5, 0.6) is 28.7 Å². The summed E-state index contributed by atoms with van der Waals surface area (Å²) in [7, 11) is 4.36. The standard InChI is InChI=1S/C32H29F3N2O9S/c1-37-16-22(20-10-17(6-7-36-47(40)41)4-5-25(20)45-30-23(34)13-19(33)14-24(30)35)29-21(32(37)39)15-26(46-29)18-11-27(42-2)31(44-9-8-38)28(12-18)43-3/h4-5,10-16,36,38H,6-9H2,1-3H3,(H,40,41). The second-order valence-corrected chi connectivity index (χ2v) is 10.9. The minimum Gasteiger partial charge on any atom is -0.493 e. The van der Waals surface area contributed by atoms with Crippen LogP contribution in [0.2, 0.25) is 0 Å². The third kappa shape index (κ3) is 7.12. The van der Waals surface area contributed by atoms with Crippen molar-refractivity contribution >= 4 is 22.2 Å². The van der Waals surface area contributed by atoms with Gasteiger partial charge in [0, 0.05) is 48.6 Å². The Balaban J connectivity index is 1.70. The van der Waals surface area contributed by atoms with E-state index in [4.69, 9.17) is 27.9 Å². The Morgan fingerprint density at radius 1 is 0.936 bits per heavy atom. The van der Waals surface area contributed by atoms with Gasteiger partial charge in [-0.1, -0.05) is 6.07 Å². The Hall–Kier alpha value is -4.83. The Labute approximate surface area is 268 Å². The number of pyridine rings is 1. The van der Waals surface area contributed by atoms with Crippen LogP contribution in [0.1, 0.15) is 5.56 Å². The number of aliphatic hydroxyl groups is 1. The lowest BCUT2D eigenvalue weighted by Crippen LogP contribution is -2.19. The van der Waals surface area contributed by atoms with Gasteiger partial charge in [-0.3, -0.25) is 9.35 Å². The first kappa shape index (κ1) is 33.5. The second-order valence-electron chi connectivity index (χ2n) is 10.1. The summed E-state index contributed by atoms with van der Waals surface area (Å²) in [6, 6.07) is 10.3. The maximum Gasteiger partial charge on any atom is 0.261 e. The van der Waals surface area contributed by atoms with Crippen LogP contribution in [-0.4, -0.2) is 52.4 Å². The van der Waals surface area contributed by atoms with Crippen LogP contribution in [-0.2, 0) is 24.7 Å². The predicted molar refractivity (Wildman–Crippen MR) is 167 cm³/mol. The fraction of sp³-hybridized carbons (Fsp3) is 0.219. The molecule has 0 aliphatic rings. The molecule has 3 aromatic carbocycles. The number of hydrogen-bond donors (Lipinski definition) is 3. The molecule has 5 aromatic rings. The zero-order chi connectivity index (χ0) is 33.8. The molecule has 0 saturated carbocycles. The van der Waals surface area contributed by atoms with E-state index < -0.39 is 40.0 Å². The summed E-state index contributed by atoms with van der Waals surface area (Å²) in [5.74, 6) is -3.54. The minimum absolute atomic E-state index is 0.0147. The van der Waals surface area contributed by atoms with Gasteiger partial charge in [0.05, 0.1) is 26.2 Å². The maximum absolute atomic E-state index is 14.7. The van der Waals surface area contributed by atoms with Gasteiger partial charge in [0.25, 0.3) is 5.56 Å². The van der Waals surface area contributed by atoms with Gasteiger partial charge in [-0.2, -0.15) is 0 Å². The largest absolute Gasteiger partial charge is 0.493 e. The highest BCUT2D eigenvalue weighted by atomic mass is 32.2. The molecule has 1 atom stereocenters. The summed E-state index contributed by atoms with van der Waals surface area (Å²) in [5.41, 5.74) is 1.33. The van der Waals surface area contributed by atoms with Crippen LogP contribution in [0.25, 0.3) is 33.4 Å². The highest BCUT2D eigenvalue weighted by Gasteiger charge is 2.23. The summed E-state index contributed by atoms with van der Waals surface area (Å²) in [6.07, 6.45) is 1.73. The van der Waals surface area contributed by atoms with E-state index in [1.807, 2.05) is 0 Å². The highest BCUT2D eigenvalue weighted by Crippen LogP contribution is 2.44. The first-order chi connectivity index (χ1) is 22.5. The van der Waals surface area contributed by atoms with E-state index in [2.05, 4.69) is 4.72 Å². The number of fused-ring (bicyclic) bond motifs is 1. The van der Waals surface area contributed by atoms with Gasteiger partial charge in [0.1, 0.15) is 29.5 Å². The van der Waals surface area contributed by atoms with Crippen molar-refractivity contribution in [1.29, 1.82) is 0 Å². The van der Waals surface area contributed by atoms with Crippen LogP contribution in [0.15, 0.2) is 63.9 Å². The van der Waals surface area contributed by atoms with E-state index in [9.17, 15) is 27.3 Å². The first-order valence-corrected chi connectivity index (χ1v) is 15.1. The van der Waals surface area contributed by atoms with Crippen molar-refractivity contribution in [2.45, 2.75) is 6.42 Å². The molecule has 1 unspecified atom stereocenters. The average molecular weight is 675 g/mol. The Morgan fingerprint density at radius 3 is 2.23 bits per heavy atom. The quantitative estimate of drug-likeness (QED) is 0.141. The molecule has 0 aliphatic heterocycles. The third-order valence-electron chi connectivity index (χ3n) is 7.08. The molecule has 0 bridgehead atoms. The van der Waals surface area contributed by atoms with Crippen LogP contribution in [0.3, 0.4) is 0 Å². The fourth-order valence-corrected chi connectivity index (χ4v) is 5.23.